The Bertz CT molecular complexity index is 1010. The number of benzene rings is 1. The number of aromatic amines is 1. The van der Waals surface area contributed by atoms with Crippen molar-refractivity contribution in [1.29, 1.82) is 0 Å². The second-order valence-electron chi connectivity index (χ2n) is 9.36. The van der Waals surface area contributed by atoms with E-state index in [1.807, 2.05) is 44.2 Å². The molecule has 11 heteroatoms. The average molecular weight is 523 g/mol. The molecule has 1 aromatic carbocycles. The second-order valence-corrected chi connectivity index (χ2v) is 11.2. The van der Waals surface area contributed by atoms with E-state index in [4.69, 9.17) is 4.74 Å². The summed E-state index contributed by atoms with van der Waals surface area (Å²) in [5.41, 5.74) is 1.10. The van der Waals surface area contributed by atoms with Crippen LogP contribution >= 0.6 is 0 Å². The van der Waals surface area contributed by atoms with Crippen LogP contribution < -0.4 is 4.72 Å². The molecule has 1 amide bonds. The van der Waals surface area contributed by atoms with Crippen LogP contribution in [0.15, 0.2) is 30.3 Å². The number of aromatic nitrogens is 3. The fourth-order valence-corrected chi connectivity index (χ4v) is 4.95. The maximum absolute atomic E-state index is 12.9. The molecule has 10 nitrogen and oxygen atoms in total. The molecular formula is C25H42N6O4S. The van der Waals surface area contributed by atoms with Crippen molar-refractivity contribution in [2.75, 3.05) is 39.0 Å². The SMILES string of the molecule is CCN(CC)CCCS(=O)(=O)N[C@H](CCc1ccccc1)c1n[nH]c(CN(C)C(=O)OCC(C)C)n1. The van der Waals surface area contributed by atoms with Gasteiger partial charge in [0.2, 0.25) is 10.0 Å². The van der Waals surface area contributed by atoms with Crippen LogP contribution in [0.25, 0.3) is 0 Å². The van der Waals surface area contributed by atoms with Crippen molar-refractivity contribution >= 4 is 16.1 Å². The number of nitrogens with one attached hydrogen (secondary N) is 2. The number of carbonyl (C=O) groups excluding carboxylic acids is 1. The molecule has 0 saturated heterocycles. The minimum atomic E-state index is -3.54. The Morgan fingerprint density at radius 2 is 1.86 bits per heavy atom. The fraction of sp³-hybridized carbons (Fsp3) is 0.640. The molecule has 0 fully saturated rings. The molecule has 2 aromatic rings. The van der Waals surface area contributed by atoms with E-state index in [0.717, 1.165) is 25.2 Å². The molecule has 1 atom stereocenters. The monoisotopic (exact) mass is 522 g/mol. The normalized spacial score (nSPS) is 12.8. The van der Waals surface area contributed by atoms with Crippen molar-refractivity contribution in [2.45, 2.75) is 59.5 Å². The average Bonchev–Trinajstić information content (AvgIpc) is 3.31. The zero-order valence-electron chi connectivity index (χ0n) is 22.2. The van der Waals surface area contributed by atoms with E-state index in [1.54, 1.807) is 7.05 Å². The van der Waals surface area contributed by atoms with E-state index in [0.29, 0.717) is 37.5 Å². The lowest BCUT2D eigenvalue weighted by atomic mass is 10.1. The van der Waals surface area contributed by atoms with Crippen LogP contribution in [0, 0.1) is 5.92 Å². The standard InChI is InChI=1S/C25H42N6O4S/c1-6-31(7-2)16-11-17-36(33,34)29-22(15-14-21-12-9-8-10-13-21)24-26-23(27-28-24)18-30(5)25(32)35-19-20(3)4/h8-10,12-13,20,22,29H,6-7,11,14-19H2,1-5H3,(H,26,27,28)/t22-/m1/s1. The summed E-state index contributed by atoms with van der Waals surface area (Å²) in [5, 5.41) is 7.13. The number of rotatable bonds is 16. The predicted octanol–water partition coefficient (Wildman–Crippen LogP) is 3.35. The van der Waals surface area contributed by atoms with Crippen LogP contribution in [0.4, 0.5) is 4.79 Å². The van der Waals surface area contributed by atoms with Gasteiger partial charge < -0.3 is 14.5 Å². The molecule has 1 aromatic heterocycles. The van der Waals surface area contributed by atoms with Crippen LogP contribution in [-0.2, 0) is 27.7 Å². The summed E-state index contributed by atoms with van der Waals surface area (Å²) in [7, 11) is -1.92. The van der Waals surface area contributed by atoms with Gasteiger partial charge in [-0.2, -0.15) is 5.10 Å². The number of hydrogen-bond donors (Lipinski definition) is 2. The summed E-state index contributed by atoms with van der Waals surface area (Å²) in [5.74, 6) is 1.09. The molecule has 0 aliphatic heterocycles. The molecule has 1 heterocycles. The molecule has 0 unspecified atom stereocenters. The molecular weight excluding hydrogens is 480 g/mol. The quantitative estimate of drug-likeness (QED) is 0.347. The first-order chi connectivity index (χ1) is 17.1. The minimum Gasteiger partial charge on any atom is -0.449 e. The third-order valence-corrected chi connectivity index (χ3v) is 7.24. The van der Waals surface area contributed by atoms with Crippen molar-refractivity contribution in [1.82, 2.24) is 29.7 Å². The van der Waals surface area contributed by atoms with Crippen molar-refractivity contribution in [3.63, 3.8) is 0 Å². The van der Waals surface area contributed by atoms with E-state index in [-0.39, 0.29) is 18.2 Å². The lowest BCUT2D eigenvalue weighted by Crippen LogP contribution is -2.33. The van der Waals surface area contributed by atoms with Crippen LogP contribution in [0.1, 0.15) is 63.8 Å². The maximum Gasteiger partial charge on any atom is 0.409 e. The highest BCUT2D eigenvalue weighted by Gasteiger charge is 2.24. The molecule has 2 N–H and O–H groups in total. The van der Waals surface area contributed by atoms with E-state index >= 15 is 0 Å². The zero-order chi connectivity index (χ0) is 26.6. The Morgan fingerprint density at radius 1 is 1.17 bits per heavy atom. The molecule has 202 valence electrons. The molecule has 0 saturated carbocycles. The Hall–Kier alpha value is -2.50. The van der Waals surface area contributed by atoms with Crippen LogP contribution in [0.5, 0.6) is 0 Å². The van der Waals surface area contributed by atoms with Gasteiger partial charge in [-0.1, -0.05) is 58.0 Å². The van der Waals surface area contributed by atoms with Gasteiger partial charge in [-0.15, -0.1) is 0 Å². The summed E-state index contributed by atoms with van der Waals surface area (Å²) in [6.45, 7) is 11.1. The van der Waals surface area contributed by atoms with Gasteiger partial charge >= 0.3 is 6.09 Å². The summed E-state index contributed by atoms with van der Waals surface area (Å²) < 4.78 is 33.9. The molecule has 0 aliphatic carbocycles. The van der Waals surface area contributed by atoms with Gasteiger partial charge in [0.25, 0.3) is 0 Å². The number of ether oxygens (including phenoxy) is 1. The lowest BCUT2D eigenvalue weighted by molar-refractivity contribution is 0.0973. The third kappa shape index (κ3) is 10.6. The lowest BCUT2D eigenvalue weighted by Gasteiger charge is -2.19. The highest BCUT2D eigenvalue weighted by Crippen LogP contribution is 2.18. The van der Waals surface area contributed by atoms with Gasteiger partial charge in [-0.3, -0.25) is 5.10 Å². The molecule has 0 bridgehead atoms. The van der Waals surface area contributed by atoms with E-state index < -0.39 is 22.2 Å². The molecule has 36 heavy (non-hydrogen) atoms. The van der Waals surface area contributed by atoms with Gasteiger partial charge in [0, 0.05) is 7.05 Å². The first kappa shape index (κ1) is 29.7. The Labute approximate surface area is 215 Å². The van der Waals surface area contributed by atoms with Gasteiger partial charge in [0.15, 0.2) is 5.82 Å². The highest BCUT2D eigenvalue weighted by atomic mass is 32.2. The van der Waals surface area contributed by atoms with Crippen LogP contribution in [-0.4, -0.2) is 78.5 Å². The highest BCUT2D eigenvalue weighted by molar-refractivity contribution is 7.89. The number of carbonyl (C=O) groups is 1. The van der Waals surface area contributed by atoms with Gasteiger partial charge in [-0.25, -0.2) is 22.9 Å². The van der Waals surface area contributed by atoms with Crippen molar-refractivity contribution in [3.8, 4) is 0 Å². The minimum absolute atomic E-state index is 0.0348. The molecule has 0 radical (unpaired) electrons. The first-order valence-electron chi connectivity index (χ1n) is 12.7. The van der Waals surface area contributed by atoms with Gasteiger partial charge in [0.05, 0.1) is 24.9 Å². The van der Waals surface area contributed by atoms with E-state index in [1.165, 1.54) is 4.90 Å². The van der Waals surface area contributed by atoms with Crippen molar-refractivity contribution in [2.24, 2.45) is 5.92 Å². The number of aryl methyl sites for hydroxylation is 1. The van der Waals surface area contributed by atoms with Crippen LogP contribution in [0.2, 0.25) is 0 Å². The summed E-state index contributed by atoms with van der Waals surface area (Å²) in [4.78, 5) is 20.3. The molecule has 0 aliphatic rings. The van der Waals surface area contributed by atoms with Crippen LogP contribution in [0.3, 0.4) is 0 Å². The number of H-pyrrole nitrogens is 1. The molecule has 2 rings (SSSR count). The van der Waals surface area contributed by atoms with Crippen molar-refractivity contribution in [3.05, 3.63) is 47.5 Å². The maximum atomic E-state index is 12.9. The fourth-order valence-electron chi connectivity index (χ4n) is 3.66. The number of sulfonamides is 1. The largest absolute Gasteiger partial charge is 0.449 e. The number of hydrogen-bond acceptors (Lipinski definition) is 7. The zero-order valence-corrected chi connectivity index (χ0v) is 23.1. The Balaban J connectivity index is 2.08. The smallest absolute Gasteiger partial charge is 0.409 e. The Morgan fingerprint density at radius 3 is 2.50 bits per heavy atom. The topological polar surface area (TPSA) is 121 Å². The van der Waals surface area contributed by atoms with Gasteiger partial charge in [-0.05, 0) is 50.4 Å². The second kappa shape index (κ2) is 14.9. The van der Waals surface area contributed by atoms with Crippen molar-refractivity contribution < 1.29 is 17.9 Å². The summed E-state index contributed by atoms with van der Waals surface area (Å²) >= 11 is 0. The summed E-state index contributed by atoms with van der Waals surface area (Å²) in [6, 6.07) is 9.30. The predicted molar refractivity (Wildman–Crippen MR) is 141 cm³/mol. The molecule has 0 spiro atoms. The number of nitrogens with zero attached hydrogens (tertiary/aromatic N) is 4. The Kier molecular flexibility index (Phi) is 12.3. The first-order valence-corrected chi connectivity index (χ1v) is 14.3. The van der Waals surface area contributed by atoms with E-state index in [9.17, 15) is 13.2 Å². The third-order valence-electron chi connectivity index (χ3n) is 5.77. The van der Waals surface area contributed by atoms with E-state index in [2.05, 4.69) is 38.7 Å². The number of amides is 1. The van der Waals surface area contributed by atoms with Gasteiger partial charge in [0.1, 0.15) is 5.82 Å². The summed E-state index contributed by atoms with van der Waals surface area (Å²) in [6.07, 6.45) is 1.27.